The second kappa shape index (κ2) is 9.34. The highest BCUT2D eigenvalue weighted by molar-refractivity contribution is 7.59. The molecule has 0 aliphatic carbocycles. The molecule has 0 aromatic carbocycles. The molecule has 0 aromatic rings. The Bertz CT molecular complexity index is 153. The van der Waals surface area contributed by atoms with E-state index in [4.69, 9.17) is 4.74 Å². The number of carbonyl (C=O) groups excluding carboxylic acids is 2. The summed E-state index contributed by atoms with van der Waals surface area (Å²) in [5, 5.41) is 2.34. The van der Waals surface area contributed by atoms with Gasteiger partial charge in [0.1, 0.15) is 6.29 Å². The van der Waals surface area contributed by atoms with E-state index in [9.17, 15) is 9.59 Å². The number of amides is 1. The molecule has 78 valence electrons. The van der Waals surface area contributed by atoms with Crippen molar-refractivity contribution >= 4 is 25.9 Å². The van der Waals surface area contributed by atoms with E-state index in [0.29, 0.717) is 19.3 Å². The number of carbonyl (C=O) groups is 2. The second-order valence-electron chi connectivity index (χ2n) is 2.16. The molecule has 0 fully saturated rings. The monoisotopic (exact) mass is 209 g/mol. The van der Waals surface area contributed by atoms with Crippen LogP contribution in [0.25, 0.3) is 0 Å². The molecular formula is C7H15NO4S. The quantitative estimate of drug-likeness (QED) is 0.650. The van der Waals surface area contributed by atoms with Crippen LogP contribution in [0.4, 0.5) is 4.79 Å². The van der Waals surface area contributed by atoms with E-state index >= 15 is 0 Å². The maximum atomic E-state index is 10.6. The van der Waals surface area contributed by atoms with Gasteiger partial charge in [-0.25, -0.2) is 4.79 Å². The van der Waals surface area contributed by atoms with Gasteiger partial charge in [-0.2, -0.15) is 13.5 Å². The lowest BCUT2D eigenvalue weighted by atomic mass is 10.2. The lowest BCUT2D eigenvalue weighted by Gasteiger charge is -2.10. The normalized spacial score (nSPS) is 10.9. The molecule has 0 rings (SSSR count). The molecule has 6 heteroatoms. The Balaban J connectivity index is 0. The number of alkyl carbamates (subject to hydrolysis) is 1. The number of methoxy groups -OCH3 is 2. The van der Waals surface area contributed by atoms with E-state index in [0.717, 1.165) is 0 Å². The van der Waals surface area contributed by atoms with Gasteiger partial charge < -0.3 is 19.6 Å². The smallest absolute Gasteiger partial charge is 0.407 e. The number of hydrogen-bond donors (Lipinski definition) is 1. The minimum atomic E-state index is -0.608. The average molecular weight is 209 g/mol. The summed E-state index contributed by atoms with van der Waals surface area (Å²) in [6.45, 7) is 0.424. The summed E-state index contributed by atoms with van der Waals surface area (Å²) >= 11 is 0. The van der Waals surface area contributed by atoms with E-state index in [1.807, 2.05) is 0 Å². The summed E-state index contributed by atoms with van der Waals surface area (Å²) in [5.41, 5.74) is 0. The first kappa shape index (κ1) is 14.8. The van der Waals surface area contributed by atoms with E-state index < -0.39 is 12.1 Å². The predicted molar refractivity (Wildman–Crippen MR) is 52.3 cm³/mol. The molecule has 0 saturated carbocycles. The van der Waals surface area contributed by atoms with Crippen molar-refractivity contribution in [3.05, 3.63) is 0 Å². The summed E-state index contributed by atoms with van der Waals surface area (Å²) in [6, 6.07) is -0.530. The lowest BCUT2D eigenvalue weighted by molar-refractivity contribution is -0.109. The lowest BCUT2D eigenvalue weighted by Crippen LogP contribution is -2.36. The predicted octanol–water partition coefficient (Wildman–Crippen LogP) is 0.0592. The van der Waals surface area contributed by atoms with Crippen LogP contribution in [0.3, 0.4) is 0 Å². The third-order valence-electron chi connectivity index (χ3n) is 1.29. The first-order valence-electron chi connectivity index (χ1n) is 3.53. The SMILES string of the molecule is COCC[C@@H](C=O)NC(=O)OC.S. The van der Waals surface area contributed by atoms with Crippen molar-refractivity contribution in [1.82, 2.24) is 5.32 Å². The van der Waals surface area contributed by atoms with Crippen LogP contribution in [0.2, 0.25) is 0 Å². The molecule has 5 nitrogen and oxygen atoms in total. The van der Waals surface area contributed by atoms with Gasteiger partial charge in [0.25, 0.3) is 0 Å². The molecule has 0 aromatic heterocycles. The maximum Gasteiger partial charge on any atom is 0.407 e. The van der Waals surface area contributed by atoms with Gasteiger partial charge in [-0.15, -0.1) is 0 Å². The Morgan fingerprint density at radius 1 is 1.54 bits per heavy atom. The van der Waals surface area contributed by atoms with Crippen LogP contribution >= 0.6 is 13.5 Å². The first-order chi connectivity index (χ1) is 5.74. The van der Waals surface area contributed by atoms with E-state index in [2.05, 4.69) is 10.1 Å². The molecule has 0 bridgehead atoms. The van der Waals surface area contributed by atoms with Gasteiger partial charge in [0, 0.05) is 13.7 Å². The molecule has 13 heavy (non-hydrogen) atoms. The first-order valence-corrected chi connectivity index (χ1v) is 3.53. The molecule has 0 heterocycles. The number of ether oxygens (including phenoxy) is 2. The zero-order chi connectivity index (χ0) is 9.40. The zero-order valence-corrected chi connectivity index (χ0v) is 8.70. The molecule has 1 amide bonds. The van der Waals surface area contributed by atoms with Gasteiger partial charge in [-0.05, 0) is 6.42 Å². The summed E-state index contributed by atoms with van der Waals surface area (Å²) in [6.07, 6.45) is 0.494. The van der Waals surface area contributed by atoms with Gasteiger partial charge in [0.15, 0.2) is 0 Å². The standard InChI is InChI=1S/C7H13NO4.H2S/c1-11-4-3-6(5-9)8-7(10)12-2;/h5-6H,3-4H2,1-2H3,(H,8,10);1H2/t6-;/m0./s1. The number of hydrogen-bond acceptors (Lipinski definition) is 4. The number of rotatable bonds is 5. The summed E-state index contributed by atoms with van der Waals surface area (Å²) in [5.74, 6) is 0. The number of nitrogens with one attached hydrogen (secondary N) is 1. The largest absolute Gasteiger partial charge is 0.453 e. The fourth-order valence-corrected chi connectivity index (χ4v) is 0.629. The Kier molecular flexibility index (Phi) is 10.6. The molecule has 0 spiro atoms. The third kappa shape index (κ3) is 7.61. The van der Waals surface area contributed by atoms with Crippen LogP contribution in [-0.4, -0.2) is 39.2 Å². The van der Waals surface area contributed by atoms with Gasteiger partial charge in [-0.1, -0.05) is 0 Å². The second-order valence-corrected chi connectivity index (χ2v) is 2.16. The van der Waals surface area contributed by atoms with Crippen LogP contribution < -0.4 is 5.32 Å². The minimum Gasteiger partial charge on any atom is -0.453 e. The summed E-state index contributed by atoms with van der Waals surface area (Å²) in [4.78, 5) is 20.9. The molecule has 0 aliphatic heterocycles. The highest BCUT2D eigenvalue weighted by Gasteiger charge is 2.09. The minimum absolute atomic E-state index is 0. The Hall–Kier alpha value is -0.750. The Morgan fingerprint density at radius 2 is 2.15 bits per heavy atom. The maximum absolute atomic E-state index is 10.6. The van der Waals surface area contributed by atoms with Crippen molar-refractivity contribution in [2.75, 3.05) is 20.8 Å². The van der Waals surface area contributed by atoms with E-state index in [1.54, 1.807) is 0 Å². The van der Waals surface area contributed by atoms with Gasteiger partial charge >= 0.3 is 6.09 Å². The highest BCUT2D eigenvalue weighted by Crippen LogP contribution is 1.89. The van der Waals surface area contributed by atoms with Gasteiger partial charge in [-0.3, -0.25) is 0 Å². The van der Waals surface area contributed by atoms with Crippen molar-refractivity contribution in [2.45, 2.75) is 12.5 Å². The number of aldehydes is 1. The van der Waals surface area contributed by atoms with Crippen molar-refractivity contribution in [3.63, 3.8) is 0 Å². The highest BCUT2D eigenvalue weighted by atomic mass is 32.1. The van der Waals surface area contributed by atoms with Crippen molar-refractivity contribution in [2.24, 2.45) is 0 Å². The topological polar surface area (TPSA) is 64.6 Å². The van der Waals surface area contributed by atoms with Crippen LogP contribution in [0.1, 0.15) is 6.42 Å². The van der Waals surface area contributed by atoms with Crippen molar-refractivity contribution < 1.29 is 19.1 Å². The molecule has 1 atom stereocenters. The van der Waals surface area contributed by atoms with Crippen molar-refractivity contribution in [1.29, 1.82) is 0 Å². The van der Waals surface area contributed by atoms with E-state index in [1.165, 1.54) is 14.2 Å². The molecular weight excluding hydrogens is 194 g/mol. The molecule has 1 N–H and O–H groups in total. The molecule has 0 unspecified atom stereocenters. The van der Waals surface area contributed by atoms with E-state index in [-0.39, 0.29) is 13.5 Å². The van der Waals surface area contributed by atoms with Gasteiger partial charge in [0.2, 0.25) is 0 Å². The molecule has 0 radical (unpaired) electrons. The van der Waals surface area contributed by atoms with Crippen LogP contribution in [0.5, 0.6) is 0 Å². The zero-order valence-electron chi connectivity index (χ0n) is 7.70. The average Bonchev–Trinajstić information content (AvgIpc) is 2.11. The van der Waals surface area contributed by atoms with Crippen LogP contribution in [0.15, 0.2) is 0 Å². The molecule has 0 aliphatic rings. The Labute approximate surface area is 84.2 Å². The van der Waals surface area contributed by atoms with Gasteiger partial charge in [0.05, 0.1) is 13.2 Å². The molecule has 0 saturated heterocycles. The van der Waals surface area contributed by atoms with Crippen LogP contribution in [0, 0.1) is 0 Å². The summed E-state index contributed by atoms with van der Waals surface area (Å²) in [7, 11) is 2.77. The third-order valence-corrected chi connectivity index (χ3v) is 1.29. The summed E-state index contributed by atoms with van der Waals surface area (Å²) < 4.78 is 9.05. The fraction of sp³-hybridized carbons (Fsp3) is 0.714. The van der Waals surface area contributed by atoms with Crippen molar-refractivity contribution in [3.8, 4) is 0 Å². The Morgan fingerprint density at radius 3 is 2.54 bits per heavy atom. The van der Waals surface area contributed by atoms with Crippen LogP contribution in [-0.2, 0) is 14.3 Å². The fourth-order valence-electron chi connectivity index (χ4n) is 0.629.